The van der Waals surface area contributed by atoms with Crippen molar-refractivity contribution >= 4 is 33.2 Å². The van der Waals surface area contributed by atoms with Gasteiger partial charge in [-0.2, -0.15) is 0 Å². The predicted octanol–water partition coefficient (Wildman–Crippen LogP) is 5.34. The van der Waals surface area contributed by atoms with Gasteiger partial charge >= 0.3 is 0 Å². The number of carbonyl (C=O) groups excluding carboxylic acids is 1. The fraction of sp³-hybridized carbons (Fsp3) is 0.208. The van der Waals surface area contributed by atoms with Crippen LogP contribution in [0.2, 0.25) is 5.02 Å². The number of anilines is 1. The van der Waals surface area contributed by atoms with Crippen molar-refractivity contribution < 1.29 is 17.9 Å². The highest BCUT2D eigenvalue weighted by Crippen LogP contribution is 2.26. The minimum Gasteiger partial charge on any atom is -0.494 e. The molecule has 0 unspecified atom stereocenters. The average molecular weight is 473 g/mol. The molecule has 0 fully saturated rings. The molecular formula is C24H25ClN2O4S. The monoisotopic (exact) mass is 472 g/mol. The maximum absolute atomic E-state index is 12.9. The number of ether oxygens (including phenoxy) is 1. The van der Waals surface area contributed by atoms with Crippen molar-refractivity contribution in [1.82, 2.24) is 5.32 Å². The van der Waals surface area contributed by atoms with Crippen LogP contribution in [0.3, 0.4) is 0 Å². The number of benzene rings is 3. The summed E-state index contributed by atoms with van der Waals surface area (Å²) < 4.78 is 33.7. The number of rotatable bonds is 8. The average Bonchev–Trinajstić information content (AvgIpc) is 2.76. The van der Waals surface area contributed by atoms with Crippen LogP contribution in [0, 0.1) is 6.92 Å². The molecule has 0 heterocycles. The summed E-state index contributed by atoms with van der Waals surface area (Å²) >= 11 is 6.16. The van der Waals surface area contributed by atoms with E-state index >= 15 is 0 Å². The molecule has 3 aromatic rings. The Bertz CT molecular complexity index is 1190. The summed E-state index contributed by atoms with van der Waals surface area (Å²) in [5.74, 6) is 0.346. The lowest BCUT2D eigenvalue weighted by Gasteiger charge is -2.16. The smallest absolute Gasteiger partial charge is 0.263 e. The molecule has 0 aromatic heterocycles. The molecule has 2 N–H and O–H groups in total. The number of aryl methyl sites for hydroxylation is 1. The third kappa shape index (κ3) is 5.81. The fourth-order valence-corrected chi connectivity index (χ4v) is 4.65. The molecule has 0 spiro atoms. The molecule has 0 bridgehead atoms. The number of sulfonamides is 1. The van der Waals surface area contributed by atoms with Gasteiger partial charge in [-0.25, -0.2) is 8.42 Å². The van der Waals surface area contributed by atoms with Gasteiger partial charge in [0.05, 0.1) is 17.7 Å². The highest BCUT2D eigenvalue weighted by atomic mass is 35.5. The first-order chi connectivity index (χ1) is 15.2. The highest BCUT2D eigenvalue weighted by Gasteiger charge is 2.21. The first-order valence-electron chi connectivity index (χ1n) is 10.1. The molecule has 0 radical (unpaired) electrons. The van der Waals surface area contributed by atoms with Crippen molar-refractivity contribution in [2.24, 2.45) is 0 Å². The zero-order valence-corrected chi connectivity index (χ0v) is 19.6. The van der Waals surface area contributed by atoms with Crippen LogP contribution in [-0.4, -0.2) is 20.9 Å². The molecule has 32 heavy (non-hydrogen) atoms. The molecule has 0 saturated heterocycles. The molecular weight excluding hydrogens is 448 g/mol. The van der Waals surface area contributed by atoms with E-state index in [0.29, 0.717) is 12.3 Å². The van der Waals surface area contributed by atoms with E-state index in [0.717, 1.165) is 16.9 Å². The Hall–Kier alpha value is -3.03. The van der Waals surface area contributed by atoms with Crippen molar-refractivity contribution in [1.29, 1.82) is 0 Å². The van der Waals surface area contributed by atoms with Gasteiger partial charge in [-0.15, -0.1) is 0 Å². The van der Waals surface area contributed by atoms with E-state index in [1.54, 1.807) is 24.3 Å². The van der Waals surface area contributed by atoms with E-state index < -0.39 is 15.9 Å². The number of halogens is 1. The topological polar surface area (TPSA) is 84.5 Å². The van der Waals surface area contributed by atoms with Crippen molar-refractivity contribution in [3.63, 3.8) is 0 Å². The van der Waals surface area contributed by atoms with E-state index in [-0.39, 0.29) is 21.5 Å². The van der Waals surface area contributed by atoms with Gasteiger partial charge in [-0.05, 0) is 68.8 Å². The Labute approximate surface area is 193 Å². The third-order valence-corrected chi connectivity index (χ3v) is 6.69. The summed E-state index contributed by atoms with van der Waals surface area (Å²) in [4.78, 5) is 12.6. The molecule has 0 aliphatic heterocycles. The summed E-state index contributed by atoms with van der Waals surface area (Å²) in [6.45, 7) is 6.24. The first-order valence-corrected chi connectivity index (χ1v) is 12.0. The summed E-state index contributed by atoms with van der Waals surface area (Å²) in [5.41, 5.74) is 2.50. The third-order valence-electron chi connectivity index (χ3n) is 4.83. The van der Waals surface area contributed by atoms with E-state index in [1.165, 1.54) is 18.2 Å². The Balaban J connectivity index is 1.77. The van der Waals surface area contributed by atoms with Crippen LogP contribution < -0.4 is 14.8 Å². The maximum atomic E-state index is 12.9. The number of hydrogen-bond donors (Lipinski definition) is 2. The van der Waals surface area contributed by atoms with Crippen LogP contribution in [0.5, 0.6) is 5.75 Å². The van der Waals surface area contributed by atoms with E-state index in [9.17, 15) is 13.2 Å². The normalized spacial score (nSPS) is 12.1. The second-order valence-electron chi connectivity index (χ2n) is 7.31. The summed E-state index contributed by atoms with van der Waals surface area (Å²) in [6.07, 6.45) is 0. The number of carbonyl (C=O) groups is 1. The minimum absolute atomic E-state index is 0.0284. The Morgan fingerprint density at radius 3 is 2.31 bits per heavy atom. The van der Waals surface area contributed by atoms with Crippen LogP contribution >= 0.6 is 11.6 Å². The largest absolute Gasteiger partial charge is 0.494 e. The molecule has 1 amide bonds. The van der Waals surface area contributed by atoms with E-state index in [2.05, 4.69) is 10.0 Å². The second kappa shape index (κ2) is 10.1. The lowest BCUT2D eigenvalue weighted by molar-refractivity contribution is 0.0939. The molecule has 1 atom stereocenters. The van der Waals surface area contributed by atoms with Crippen molar-refractivity contribution in [3.8, 4) is 5.75 Å². The lowest BCUT2D eigenvalue weighted by Crippen LogP contribution is -2.27. The van der Waals surface area contributed by atoms with Crippen molar-refractivity contribution in [2.45, 2.75) is 31.7 Å². The van der Waals surface area contributed by atoms with Gasteiger partial charge in [-0.1, -0.05) is 41.4 Å². The van der Waals surface area contributed by atoms with Crippen molar-refractivity contribution in [3.05, 3.63) is 88.4 Å². The molecule has 6 nitrogen and oxygen atoms in total. The lowest BCUT2D eigenvalue weighted by atomic mass is 10.1. The SMILES string of the molecule is CCOc1ccc([C@@H](C)NC(=O)c2ccc(Cl)c(S(=O)(=O)Nc3ccc(C)cc3)c2)cc1. The maximum Gasteiger partial charge on any atom is 0.263 e. The van der Waals surface area contributed by atoms with Crippen molar-refractivity contribution in [2.75, 3.05) is 11.3 Å². The molecule has 0 aliphatic carbocycles. The number of amides is 1. The van der Waals surface area contributed by atoms with Gasteiger partial charge in [0.2, 0.25) is 0 Å². The van der Waals surface area contributed by atoms with E-state index in [4.69, 9.17) is 16.3 Å². The predicted molar refractivity (Wildman–Crippen MR) is 127 cm³/mol. The van der Waals surface area contributed by atoms with Crippen LogP contribution in [-0.2, 0) is 10.0 Å². The van der Waals surface area contributed by atoms with Crippen LogP contribution in [0.25, 0.3) is 0 Å². The Morgan fingerprint density at radius 2 is 1.69 bits per heavy atom. The zero-order chi connectivity index (χ0) is 23.3. The van der Waals surface area contributed by atoms with Gasteiger partial charge in [0.15, 0.2) is 0 Å². The van der Waals surface area contributed by atoms with Crippen LogP contribution in [0.4, 0.5) is 5.69 Å². The fourth-order valence-electron chi connectivity index (χ4n) is 3.06. The minimum atomic E-state index is -3.98. The molecule has 8 heteroatoms. The molecule has 168 valence electrons. The summed E-state index contributed by atoms with van der Waals surface area (Å²) in [6, 6.07) is 18.2. The Kier molecular flexibility index (Phi) is 7.43. The van der Waals surface area contributed by atoms with E-state index in [1.807, 2.05) is 45.0 Å². The first kappa shape index (κ1) is 23.6. The van der Waals surface area contributed by atoms with Gasteiger partial charge in [0, 0.05) is 11.3 Å². The molecule has 0 saturated carbocycles. The standard InChI is InChI=1S/C24H25ClN2O4S/c1-4-31-21-12-7-18(8-13-21)17(3)26-24(28)19-9-14-22(25)23(15-19)32(29,30)27-20-10-5-16(2)6-11-20/h5-15,17,27H,4H2,1-3H3,(H,26,28)/t17-/m1/s1. The zero-order valence-electron chi connectivity index (χ0n) is 18.1. The van der Waals surface area contributed by atoms with Gasteiger partial charge < -0.3 is 10.1 Å². The summed E-state index contributed by atoms with van der Waals surface area (Å²) in [7, 11) is -3.98. The van der Waals surface area contributed by atoms with Crippen LogP contribution in [0.15, 0.2) is 71.6 Å². The molecule has 3 rings (SSSR count). The van der Waals surface area contributed by atoms with Gasteiger partial charge in [-0.3, -0.25) is 9.52 Å². The molecule has 0 aliphatic rings. The summed E-state index contributed by atoms with van der Waals surface area (Å²) in [5, 5.41) is 2.91. The van der Waals surface area contributed by atoms with Gasteiger partial charge in [0.1, 0.15) is 10.6 Å². The van der Waals surface area contributed by atoms with Crippen LogP contribution in [0.1, 0.15) is 41.4 Å². The second-order valence-corrected chi connectivity index (χ2v) is 9.37. The number of hydrogen-bond acceptors (Lipinski definition) is 4. The highest BCUT2D eigenvalue weighted by molar-refractivity contribution is 7.92. The van der Waals surface area contributed by atoms with Gasteiger partial charge in [0.25, 0.3) is 15.9 Å². The quantitative estimate of drug-likeness (QED) is 0.463. The Morgan fingerprint density at radius 1 is 1.03 bits per heavy atom. The number of nitrogens with one attached hydrogen (secondary N) is 2. The molecule has 3 aromatic carbocycles.